The molecule has 0 saturated heterocycles. The van der Waals surface area contributed by atoms with Crippen LogP contribution in [0.25, 0.3) is 0 Å². The molecule has 5 rings (SSSR count). The molecule has 0 aliphatic heterocycles. The minimum Gasteiger partial charge on any atom is -0.461 e. The number of ether oxygens (including phenoxy) is 1. The molecule has 0 aromatic heterocycles. The molecule has 0 radical (unpaired) electrons. The molecule has 4 aliphatic rings. The summed E-state index contributed by atoms with van der Waals surface area (Å²) >= 11 is 0. The maximum Gasteiger partial charge on any atom is 0.309 e. The number of carbonyl (C=O) groups is 2. The van der Waals surface area contributed by atoms with Gasteiger partial charge >= 0.3 is 5.97 Å². The molecule has 104 valence electrons. The normalized spacial score (nSPS) is 37.4. The molecule has 0 amide bonds. The van der Waals surface area contributed by atoms with Crippen molar-refractivity contribution in [3.05, 3.63) is 35.9 Å². The van der Waals surface area contributed by atoms with Crippen molar-refractivity contribution >= 4 is 11.8 Å². The third kappa shape index (κ3) is 1.65. The number of rotatable bonds is 4. The van der Waals surface area contributed by atoms with Crippen LogP contribution in [0.5, 0.6) is 0 Å². The summed E-state index contributed by atoms with van der Waals surface area (Å²) in [5.41, 5.74) is 0.887. The first-order chi connectivity index (χ1) is 9.71. The molecule has 2 bridgehead atoms. The number of hydrogen-bond donors (Lipinski definition) is 0. The van der Waals surface area contributed by atoms with Crippen LogP contribution in [-0.2, 0) is 20.9 Å². The topological polar surface area (TPSA) is 43.4 Å². The second-order valence-corrected chi connectivity index (χ2v) is 6.50. The minimum absolute atomic E-state index is 0.0262. The van der Waals surface area contributed by atoms with Crippen molar-refractivity contribution in [2.75, 3.05) is 0 Å². The number of esters is 1. The lowest BCUT2D eigenvalue weighted by Crippen LogP contribution is -2.43. The molecule has 4 fully saturated rings. The van der Waals surface area contributed by atoms with Crippen LogP contribution >= 0.6 is 0 Å². The SMILES string of the molecule is O=C(OCc1ccccc1)[C@@H]1C[C@H]1[C@]12CC[C@H](C1)C2=O. The van der Waals surface area contributed by atoms with Gasteiger partial charge in [-0.25, -0.2) is 0 Å². The lowest BCUT2D eigenvalue weighted by atomic mass is 9.64. The van der Waals surface area contributed by atoms with E-state index < -0.39 is 0 Å². The lowest BCUT2D eigenvalue weighted by Gasteiger charge is -2.37. The van der Waals surface area contributed by atoms with Crippen LogP contribution in [-0.4, -0.2) is 11.8 Å². The van der Waals surface area contributed by atoms with Crippen molar-refractivity contribution in [1.82, 2.24) is 0 Å². The average Bonchev–Trinajstić information content (AvgIpc) is 3.06. The molecule has 3 nitrogen and oxygen atoms in total. The van der Waals surface area contributed by atoms with Gasteiger partial charge in [0.1, 0.15) is 12.4 Å². The fourth-order valence-corrected chi connectivity index (χ4v) is 4.22. The quantitative estimate of drug-likeness (QED) is 0.790. The van der Waals surface area contributed by atoms with Gasteiger partial charge in [-0.1, -0.05) is 30.3 Å². The Kier molecular flexibility index (Phi) is 2.53. The summed E-state index contributed by atoms with van der Waals surface area (Å²) in [5.74, 6) is 0.882. The fraction of sp³-hybridized carbons (Fsp3) is 0.529. The molecular weight excluding hydrogens is 252 g/mol. The molecule has 4 atom stereocenters. The first-order valence-corrected chi connectivity index (χ1v) is 7.45. The molecule has 1 aromatic rings. The Morgan fingerprint density at radius 1 is 1.30 bits per heavy atom. The van der Waals surface area contributed by atoms with Gasteiger partial charge in [-0.15, -0.1) is 0 Å². The van der Waals surface area contributed by atoms with E-state index in [0.29, 0.717) is 18.3 Å². The summed E-state index contributed by atoms with van der Waals surface area (Å²) in [6.07, 6.45) is 3.93. The minimum atomic E-state index is -0.124. The van der Waals surface area contributed by atoms with E-state index >= 15 is 0 Å². The average molecular weight is 270 g/mol. The van der Waals surface area contributed by atoms with Crippen molar-refractivity contribution in [2.45, 2.75) is 32.3 Å². The highest BCUT2D eigenvalue weighted by molar-refractivity contribution is 5.96. The van der Waals surface area contributed by atoms with E-state index in [-0.39, 0.29) is 23.2 Å². The zero-order valence-corrected chi connectivity index (χ0v) is 11.4. The molecule has 0 unspecified atom stereocenters. The van der Waals surface area contributed by atoms with Crippen molar-refractivity contribution < 1.29 is 14.3 Å². The van der Waals surface area contributed by atoms with E-state index in [4.69, 9.17) is 4.74 Å². The number of Topliss-reactive ketones (excluding diaryl/α,β-unsaturated/α-hetero) is 1. The molecule has 0 N–H and O–H groups in total. The van der Waals surface area contributed by atoms with Gasteiger partial charge in [0.15, 0.2) is 0 Å². The molecule has 0 heterocycles. The molecule has 3 heteroatoms. The predicted molar refractivity (Wildman–Crippen MR) is 72.6 cm³/mol. The Morgan fingerprint density at radius 2 is 2.10 bits per heavy atom. The summed E-state index contributed by atoms with van der Waals surface area (Å²) in [6, 6.07) is 9.72. The molecule has 4 aliphatic carbocycles. The van der Waals surface area contributed by atoms with Crippen LogP contribution in [0, 0.1) is 23.2 Å². The largest absolute Gasteiger partial charge is 0.461 e. The highest BCUT2D eigenvalue weighted by atomic mass is 16.5. The van der Waals surface area contributed by atoms with E-state index in [1.54, 1.807) is 0 Å². The number of hydrogen-bond acceptors (Lipinski definition) is 3. The van der Waals surface area contributed by atoms with E-state index in [2.05, 4.69) is 0 Å². The molecule has 1 aromatic carbocycles. The number of benzene rings is 1. The van der Waals surface area contributed by atoms with E-state index in [1.807, 2.05) is 30.3 Å². The van der Waals surface area contributed by atoms with Gasteiger partial charge in [0.25, 0.3) is 0 Å². The number of carbonyl (C=O) groups excluding carboxylic acids is 2. The van der Waals surface area contributed by atoms with Crippen LogP contribution in [0.2, 0.25) is 0 Å². The predicted octanol–water partition coefficient (Wildman–Crippen LogP) is 2.74. The molecule has 0 spiro atoms. The zero-order valence-electron chi connectivity index (χ0n) is 11.4. The standard InChI is InChI=1S/C17H18O3/c18-15-12-6-7-17(15,9-12)14-8-13(14)16(19)20-10-11-4-2-1-3-5-11/h1-5,12-14H,6-10H2/t12-,13-,14-,17+/m1/s1. The summed E-state index contributed by atoms with van der Waals surface area (Å²) < 4.78 is 5.39. The summed E-state index contributed by atoms with van der Waals surface area (Å²) in [5, 5.41) is 0. The highest BCUT2D eigenvalue weighted by Crippen LogP contribution is 2.68. The fourth-order valence-electron chi connectivity index (χ4n) is 4.22. The first kappa shape index (κ1) is 12.1. The van der Waals surface area contributed by atoms with Gasteiger partial charge in [-0.05, 0) is 37.2 Å². The van der Waals surface area contributed by atoms with Crippen LogP contribution < -0.4 is 0 Å². The first-order valence-electron chi connectivity index (χ1n) is 7.45. The van der Waals surface area contributed by atoms with Gasteiger partial charge < -0.3 is 4.74 Å². The summed E-state index contributed by atoms with van der Waals surface area (Å²) in [6.45, 7) is 0.340. The Labute approximate surface area is 118 Å². The molecule has 4 saturated carbocycles. The lowest BCUT2D eigenvalue weighted by molar-refractivity contribution is -0.149. The van der Waals surface area contributed by atoms with Gasteiger partial charge in [-0.3, -0.25) is 9.59 Å². The smallest absolute Gasteiger partial charge is 0.309 e. The van der Waals surface area contributed by atoms with Crippen molar-refractivity contribution in [3.8, 4) is 0 Å². The van der Waals surface area contributed by atoms with Crippen molar-refractivity contribution in [2.24, 2.45) is 23.2 Å². The second kappa shape index (κ2) is 4.18. The number of fused-ring (bicyclic) bond motifs is 1. The third-order valence-corrected chi connectivity index (χ3v) is 5.44. The van der Waals surface area contributed by atoms with Crippen molar-refractivity contribution in [1.29, 1.82) is 0 Å². The monoisotopic (exact) mass is 270 g/mol. The number of ketones is 1. The molecule has 20 heavy (non-hydrogen) atoms. The van der Waals surface area contributed by atoms with Gasteiger partial charge in [0.2, 0.25) is 0 Å². The Hall–Kier alpha value is -1.64. The van der Waals surface area contributed by atoms with Crippen LogP contribution in [0.15, 0.2) is 30.3 Å². The van der Waals surface area contributed by atoms with Crippen LogP contribution in [0.1, 0.15) is 31.2 Å². The van der Waals surface area contributed by atoms with Gasteiger partial charge in [0.05, 0.1) is 5.92 Å². The zero-order chi connectivity index (χ0) is 13.7. The van der Waals surface area contributed by atoms with E-state index in [9.17, 15) is 9.59 Å². The third-order valence-electron chi connectivity index (χ3n) is 5.44. The van der Waals surface area contributed by atoms with Crippen LogP contribution in [0.3, 0.4) is 0 Å². The molecular formula is C17H18O3. The van der Waals surface area contributed by atoms with Crippen LogP contribution in [0.4, 0.5) is 0 Å². The summed E-state index contributed by atoms with van der Waals surface area (Å²) in [4.78, 5) is 24.1. The maximum absolute atomic E-state index is 12.1. The maximum atomic E-state index is 12.1. The van der Waals surface area contributed by atoms with Gasteiger partial charge in [-0.2, -0.15) is 0 Å². The Morgan fingerprint density at radius 3 is 2.75 bits per heavy atom. The van der Waals surface area contributed by atoms with E-state index in [1.165, 1.54) is 0 Å². The highest BCUT2D eigenvalue weighted by Gasteiger charge is 2.69. The van der Waals surface area contributed by atoms with E-state index in [0.717, 1.165) is 31.2 Å². The van der Waals surface area contributed by atoms with Gasteiger partial charge in [0, 0.05) is 11.3 Å². The Bertz CT molecular complexity index is 561. The summed E-state index contributed by atoms with van der Waals surface area (Å²) in [7, 11) is 0. The van der Waals surface area contributed by atoms with Crippen molar-refractivity contribution in [3.63, 3.8) is 0 Å². The second-order valence-electron chi connectivity index (χ2n) is 6.50. The Balaban J connectivity index is 1.34.